The molecular formula is C17H14N2O4. The van der Waals surface area contributed by atoms with Gasteiger partial charge in [0.25, 0.3) is 0 Å². The number of nitrogens with zero attached hydrogens (tertiary/aromatic N) is 2. The molecule has 0 aromatic heterocycles. The van der Waals surface area contributed by atoms with Gasteiger partial charge in [0.15, 0.2) is 0 Å². The molecule has 0 saturated heterocycles. The van der Waals surface area contributed by atoms with Crippen molar-refractivity contribution in [3.05, 3.63) is 47.5 Å². The predicted octanol–water partition coefficient (Wildman–Crippen LogP) is 3.23. The third-order valence-corrected chi connectivity index (χ3v) is 3.27. The molecule has 116 valence electrons. The van der Waals surface area contributed by atoms with E-state index in [0.717, 1.165) is 11.1 Å². The third kappa shape index (κ3) is 3.92. The number of isocyanates is 2. The number of carbonyl (C=O) groups excluding carboxylic acids is 2. The fourth-order valence-corrected chi connectivity index (χ4v) is 2.21. The monoisotopic (exact) mass is 310 g/mol. The second-order valence-corrected chi connectivity index (χ2v) is 4.58. The molecule has 0 aliphatic heterocycles. The Kier molecular flexibility index (Phi) is 5.42. The molecule has 2 aromatic carbocycles. The van der Waals surface area contributed by atoms with Gasteiger partial charge < -0.3 is 9.47 Å². The highest BCUT2D eigenvalue weighted by Gasteiger charge is 2.10. The van der Waals surface area contributed by atoms with Gasteiger partial charge >= 0.3 is 0 Å². The van der Waals surface area contributed by atoms with Crippen molar-refractivity contribution in [3.8, 4) is 11.5 Å². The summed E-state index contributed by atoms with van der Waals surface area (Å²) in [5.74, 6) is 1.22. The summed E-state index contributed by atoms with van der Waals surface area (Å²) in [4.78, 5) is 27.8. The standard InChI is InChI=1S/C17H14N2O4/c1-22-16-8-14(18-10-20)5-3-12(16)7-13-4-6-15(19-11-21)9-17(13)23-2/h3-6,8-9H,7H2,1-2H3. The first-order valence-electron chi connectivity index (χ1n) is 6.71. The first kappa shape index (κ1) is 16.2. The molecule has 0 aliphatic rings. The van der Waals surface area contributed by atoms with Crippen LogP contribution < -0.4 is 9.47 Å². The Balaban J connectivity index is 2.38. The minimum absolute atomic E-state index is 0.475. The first-order chi connectivity index (χ1) is 11.2. The normalized spacial score (nSPS) is 9.48. The molecule has 0 radical (unpaired) electrons. The van der Waals surface area contributed by atoms with Crippen molar-refractivity contribution >= 4 is 23.5 Å². The quantitative estimate of drug-likeness (QED) is 0.606. The number of methoxy groups -OCH3 is 2. The zero-order valence-corrected chi connectivity index (χ0v) is 12.7. The van der Waals surface area contributed by atoms with Crippen LogP contribution in [0.1, 0.15) is 11.1 Å². The highest BCUT2D eigenvalue weighted by Crippen LogP contribution is 2.31. The fourth-order valence-electron chi connectivity index (χ4n) is 2.21. The number of hydrogen-bond donors (Lipinski definition) is 0. The Hall–Kier alpha value is -3.20. The van der Waals surface area contributed by atoms with E-state index >= 15 is 0 Å². The topological polar surface area (TPSA) is 77.3 Å². The van der Waals surface area contributed by atoms with Crippen LogP contribution in [0.25, 0.3) is 0 Å². The lowest BCUT2D eigenvalue weighted by Crippen LogP contribution is -1.96. The lowest BCUT2D eigenvalue weighted by Gasteiger charge is -2.12. The van der Waals surface area contributed by atoms with Crippen molar-refractivity contribution in [1.29, 1.82) is 0 Å². The number of hydrogen-bond acceptors (Lipinski definition) is 6. The number of benzene rings is 2. The van der Waals surface area contributed by atoms with Crippen molar-refractivity contribution in [2.45, 2.75) is 6.42 Å². The predicted molar refractivity (Wildman–Crippen MR) is 84.4 cm³/mol. The Morgan fingerprint density at radius 2 is 1.26 bits per heavy atom. The summed E-state index contributed by atoms with van der Waals surface area (Å²) < 4.78 is 10.7. The van der Waals surface area contributed by atoms with Gasteiger partial charge in [-0.1, -0.05) is 12.1 Å². The fraction of sp³-hybridized carbons (Fsp3) is 0.176. The first-order valence-corrected chi connectivity index (χ1v) is 6.71. The molecular weight excluding hydrogens is 296 g/mol. The number of rotatable bonds is 6. The van der Waals surface area contributed by atoms with Gasteiger partial charge in [-0.3, -0.25) is 0 Å². The van der Waals surface area contributed by atoms with Crippen molar-refractivity contribution in [2.75, 3.05) is 14.2 Å². The summed E-state index contributed by atoms with van der Waals surface area (Å²) in [5.41, 5.74) is 2.76. The maximum Gasteiger partial charge on any atom is 0.240 e. The van der Waals surface area contributed by atoms with Crippen molar-refractivity contribution in [2.24, 2.45) is 9.98 Å². The zero-order chi connectivity index (χ0) is 16.7. The van der Waals surface area contributed by atoms with E-state index in [1.165, 1.54) is 12.2 Å². The molecule has 0 atom stereocenters. The van der Waals surface area contributed by atoms with Crippen molar-refractivity contribution in [1.82, 2.24) is 0 Å². The van der Waals surface area contributed by atoms with E-state index in [-0.39, 0.29) is 0 Å². The van der Waals surface area contributed by atoms with Gasteiger partial charge in [0, 0.05) is 18.6 Å². The molecule has 0 heterocycles. The van der Waals surface area contributed by atoms with Gasteiger partial charge in [0.1, 0.15) is 11.5 Å². The molecule has 23 heavy (non-hydrogen) atoms. The summed E-state index contributed by atoms with van der Waals surface area (Å²) in [6, 6.07) is 10.4. The van der Waals surface area contributed by atoms with Gasteiger partial charge in [-0.15, -0.1) is 0 Å². The zero-order valence-electron chi connectivity index (χ0n) is 12.7. The molecule has 6 heteroatoms. The van der Waals surface area contributed by atoms with Crippen LogP contribution in [0.4, 0.5) is 11.4 Å². The van der Waals surface area contributed by atoms with E-state index in [1.807, 2.05) is 12.1 Å². The van der Waals surface area contributed by atoms with Crippen LogP contribution >= 0.6 is 0 Å². The molecule has 0 fully saturated rings. The van der Waals surface area contributed by atoms with E-state index < -0.39 is 0 Å². The Labute approximate surface area is 133 Å². The van der Waals surface area contributed by atoms with Crippen LogP contribution in [0.2, 0.25) is 0 Å². The molecule has 6 nitrogen and oxygen atoms in total. The summed E-state index contributed by atoms with van der Waals surface area (Å²) in [6.45, 7) is 0. The maximum absolute atomic E-state index is 10.3. The molecule has 0 spiro atoms. The molecule has 0 unspecified atom stereocenters. The van der Waals surface area contributed by atoms with Crippen LogP contribution in [0, 0.1) is 0 Å². The van der Waals surface area contributed by atoms with E-state index in [0.29, 0.717) is 29.3 Å². The minimum Gasteiger partial charge on any atom is -0.496 e. The largest absolute Gasteiger partial charge is 0.496 e. The maximum atomic E-state index is 10.3. The molecule has 2 rings (SSSR count). The lowest BCUT2D eigenvalue weighted by atomic mass is 10.0. The number of ether oxygens (including phenoxy) is 2. The highest BCUT2D eigenvalue weighted by atomic mass is 16.5. The second-order valence-electron chi connectivity index (χ2n) is 4.58. The molecule has 0 saturated carbocycles. The minimum atomic E-state index is 0.475. The second kappa shape index (κ2) is 7.71. The Bertz CT molecular complexity index is 737. The van der Waals surface area contributed by atoms with Crippen LogP contribution in [0.3, 0.4) is 0 Å². The van der Waals surface area contributed by atoms with Gasteiger partial charge in [-0.05, 0) is 23.3 Å². The highest BCUT2D eigenvalue weighted by molar-refractivity contribution is 5.57. The number of aliphatic imine (C=N–C) groups is 2. The summed E-state index contributed by atoms with van der Waals surface area (Å²) in [6.07, 6.45) is 3.54. The van der Waals surface area contributed by atoms with Crippen LogP contribution in [-0.4, -0.2) is 26.4 Å². The van der Waals surface area contributed by atoms with E-state index in [9.17, 15) is 9.59 Å². The van der Waals surface area contributed by atoms with E-state index in [2.05, 4.69) is 9.98 Å². The van der Waals surface area contributed by atoms with Crippen LogP contribution in [0.5, 0.6) is 11.5 Å². The summed E-state index contributed by atoms with van der Waals surface area (Å²) in [5, 5.41) is 0. The molecule has 0 N–H and O–H groups in total. The smallest absolute Gasteiger partial charge is 0.240 e. The average Bonchev–Trinajstić information content (AvgIpc) is 2.57. The Morgan fingerprint density at radius 1 is 0.826 bits per heavy atom. The third-order valence-electron chi connectivity index (χ3n) is 3.27. The van der Waals surface area contributed by atoms with Gasteiger partial charge in [0.05, 0.1) is 25.6 Å². The lowest BCUT2D eigenvalue weighted by molar-refractivity contribution is 0.405. The summed E-state index contributed by atoms with van der Waals surface area (Å²) in [7, 11) is 3.10. The van der Waals surface area contributed by atoms with Crippen LogP contribution in [0.15, 0.2) is 46.4 Å². The molecule has 0 amide bonds. The molecule has 0 aliphatic carbocycles. The SMILES string of the molecule is COc1cc(N=C=O)ccc1Cc1ccc(N=C=O)cc1OC. The van der Waals surface area contributed by atoms with Gasteiger partial charge in [-0.25, -0.2) is 9.59 Å². The summed E-state index contributed by atoms with van der Waals surface area (Å²) >= 11 is 0. The Morgan fingerprint density at radius 3 is 1.61 bits per heavy atom. The van der Waals surface area contributed by atoms with Gasteiger partial charge in [-0.2, -0.15) is 9.98 Å². The van der Waals surface area contributed by atoms with Crippen molar-refractivity contribution < 1.29 is 19.1 Å². The van der Waals surface area contributed by atoms with Crippen molar-refractivity contribution in [3.63, 3.8) is 0 Å². The van der Waals surface area contributed by atoms with E-state index in [4.69, 9.17) is 9.47 Å². The molecule has 0 bridgehead atoms. The molecule has 2 aromatic rings. The van der Waals surface area contributed by atoms with Crippen LogP contribution in [-0.2, 0) is 16.0 Å². The van der Waals surface area contributed by atoms with Gasteiger partial charge in [0.2, 0.25) is 12.2 Å². The van der Waals surface area contributed by atoms with E-state index in [1.54, 1.807) is 38.5 Å². The average molecular weight is 310 g/mol.